The quantitative estimate of drug-likeness (QED) is 0.897. The van der Waals surface area contributed by atoms with Gasteiger partial charge in [0.25, 0.3) is 5.91 Å². The molecule has 4 nitrogen and oxygen atoms in total. The number of carbonyl (C=O) groups excluding carboxylic acids is 1. The number of nitrogens with one attached hydrogen (secondary N) is 2. The SMILES string of the molecule is CNc1cc(C)ccc1C(=O)NC(C)c1ccccn1. The number of carbonyl (C=O) groups is 1. The first-order valence-electron chi connectivity index (χ1n) is 6.62. The monoisotopic (exact) mass is 269 g/mol. The zero-order valence-electron chi connectivity index (χ0n) is 12.0. The summed E-state index contributed by atoms with van der Waals surface area (Å²) in [7, 11) is 1.81. The molecule has 0 aliphatic rings. The van der Waals surface area contributed by atoms with Crippen molar-refractivity contribution in [2.45, 2.75) is 19.9 Å². The summed E-state index contributed by atoms with van der Waals surface area (Å²) in [6, 6.07) is 11.3. The third kappa shape index (κ3) is 3.15. The third-order valence-corrected chi connectivity index (χ3v) is 3.17. The number of hydrogen-bond donors (Lipinski definition) is 2. The first-order valence-corrected chi connectivity index (χ1v) is 6.62. The molecule has 1 aromatic carbocycles. The Labute approximate surface area is 119 Å². The van der Waals surface area contributed by atoms with Crippen molar-refractivity contribution in [1.29, 1.82) is 0 Å². The lowest BCUT2D eigenvalue weighted by atomic mass is 10.1. The lowest BCUT2D eigenvalue weighted by Gasteiger charge is -2.15. The largest absolute Gasteiger partial charge is 0.387 e. The van der Waals surface area contributed by atoms with E-state index >= 15 is 0 Å². The van der Waals surface area contributed by atoms with Crippen molar-refractivity contribution in [2.75, 3.05) is 12.4 Å². The van der Waals surface area contributed by atoms with Gasteiger partial charge in [-0.15, -0.1) is 0 Å². The molecule has 1 amide bonds. The second-order valence-corrected chi connectivity index (χ2v) is 4.75. The highest BCUT2D eigenvalue weighted by molar-refractivity contribution is 5.99. The Kier molecular flexibility index (Phi) is 4.35. The lowest BCUT2D eigenvalue weighted by Crippen LogP contribution is -2.27. The molecule has 0 aliphatic heterocycles. The number of nitrogens with zero attached hydrogens (tertiary/aromatic N) is 1. The van der Waals surface area contributed by atoms with Crippen LogP contribution in [0.25, 0.3) is 0 Å². The van der Waals surface area contributed by atoms with Crippen molar-refractivity contribution in [3.05, 3.63) is 59.4 Å². The minimum Gasteiger partial charge on any atom is -0.387 e. The van der Waals surface area contributed by atoms with E-state index in [1.54, 1.807) is 6.20 Å². The highest BCUT2D eigenvalue weighted by atomic mass is 16.1. The Morgan fingerprint density at radius 1 is 1.25 bits per heavy atom. The average molecular weight is 269 g/mol. The average Bonchev–Trinajstić information content (AvgIpc) is 2.47. The fraction of sp³-hybridized carbons (Fsp3) is 0.250. The topological polar surface area (TPSA) is 54.0 Å². The highest BCUT2D eigenvalue weighted by Crippen LogP contribution is 2.18. The summed E-state index contributed by atoms with van der Waals surface area (Å²) in [4.78, 5) is 16.6. The van der Waals surface area contributed by atoms with Crippen molar-refractivity contribution in [3.8, 4) is 0 Å². The maximum Gasteiger partial charge on any atom is 0.253 e. The van der Waals surface area contributed by atoms with E-state index in [1.807, 2.05) is 57.3 Å². The van der Waals surface area contributed by atoms with Gasteiger partial charge < -0.3 is 10.6 Å². The van der Waals surface area contributed by atoms with Crippen LogP contribution < -0.4 is 10.6 Å². The molecule has 1 heterocycles. The van der Waals surface area contributed by atoms with E-state index in [0.717, 1.165) is 16.9 Å². The van der Waals surface area contributed by atoms with Gasteiger partial charge in [0.15, 0.2) is 0 Å². The van der Waals surface area contributed by atoms with Gasteiger partial charge in [0.1, 0.15) is 0 Å². The molecule has 2 N–H and O–H groups in total. The Hall–Kier alpha value is -2.36. The number of aryl methyl sites for hydroxylation is 1. The fourth-order valence-corrected chi connectivity index (χ4v) is 2.04. The third-order valence-electron chi connectivity index (χ3n) is 3.17. The van der Waals surface area contributed by atoms with Crippen LogP contribution in [0.4, 0.5) is 5.69 Å². The zero-order chi connectivity index (χ0) is 14.5. The molecule has 1 atom stereocenters. The predicted octanol–water partition coefficient (Wildman–Crippen LogP) is 2.92. The lowest BCUT2D eigenvalue weighted by molar-refractivity contribution is 0.0940. The number of rotatable bonds is 4. The minimum atomic E-state index is -0.130. The number of pyridine rings is 1. The van der Waals surface area contributed by atoms with E-state index in [0.29, 0.717) is 5.56 Å². The molecule has 104 valence electrons. The standard InChI is InChI=1S/C16H19N3O/c1-11-7-8-13(15(10-11)17-3)16(20)19-12(2)14-6-4-5-9-18-14/h4-10,12,17H,1-3H3,(H,19,20). The van der Waals surface area contributed by atoms with Gasteiger partial charge in [0.2, 0.25) is 0 Å². The van der Waals surface area contributed by atoms with E-state index in [1.165, 1.54) is 0 Å². The molecule has 1 aromatic heterocycles. The molecule has 4 heteroatoms. The zero-order valence-corrected chi connectivity index (χ0v) is 12.0. The first kappa shape index (κ1) is 14.1. The van der Waals surface area contributed by atoms with Crippen LogP contribution in [0.5, 0.6) is 0 Å². The Morgan fingerprint density at radius 2 is 2.05 bits per heavy atom. The first-order chi connectivity index (χ1) is 9.61. The van der Waals surface area contributed by atoms with E-state index in [9.17, 15) is 4.79 Å². The molecular weight excluding hydrogens is 250 g/mol. The molecule has 0 spiro atoms. The predicted molar refractivity (Wildman–Crippen MR) is 80.8 cm³/mol. The van der Waals surface area contributed by atoms with Crippen LogP contribution in [-0.2, 0) is 0 Å². The summed E-state index contributed by atoms with van der Waals surface area (Å²) < 4.78 is 0. The summed E-state index contributed by atoms with van der Waals surface area (Å²) in [5.41, 5.74) is 3.43. The van der Waals surface area contributed by atoms with Crippen molar-refractivity contribution in [2.24, 2.45) is 0 Å². The second kappa shape index (κ2) is 6.19. The van der Waals surface area contributed by atoms with Crippen molar-refractivity contribution < 1.29 is 4.79 Å². The summed E-state index contributed by atoms with van der Waals surface area (Å²) in [6.07, 6.45) is 1.73. The summed E-state index contributed by atoms with van der Waals surface area (Å²) >= 11 is 0. The van der Waals surface area contributed by atoms with Crippen LogP contribution in [0.1, 0.15) is 34.6 Å². The van der Waals surface area contributed by atoms with Crippen molar-refractivity contribution in [1.82, 2.24) is 10.3 Å². The molecule has 0 radical (unpaired) electrons. The molecule has 0 aliphatic carbocycles. The fourth-order valence-electron chi connectivity index (χ4n) is 2.04. The van der Waals surface area contributed by atoms with E-state index in [-0.39, 0.29) is 11.9 Å². The number of benzene rings is 1. The van der Waals surface area contributed by atoms with Gasteiger partial charge in [-0.1, -0.05) is 12.1 Å². The molecule has 0 saturated heterocycles. The normalized spacial score (nSPS) is 11.8. The van der Waals surface area contributed by atoms with Gasteiger partial charge >= 0.3 is 0 Å². The van der Waals surface area contributed by atoms with Gasteiger partial charge in [0.05, 0.1) is 17.3 Å². The van der Waals surface area contributed by atoms with Crippen molar-refractivity contribution in [3.63, 3.8) is 0 Å². The van der Waals surface area contributed by atoms with Crippen LogP contribution in [-0.4, -0.2) is 17.9 Å². The highest BCUT2D eigenvalue weighted by Gasteiger charge is 2.15. The van der Waals surface area contributed by atoms with E-state index in [2.05, 4.69) is 15.6 Å². The Morgan fingerprint density at radius 3 is 2.70 bits per heavy atom. The molecule has 0 saturated carbocycles. The molecule has 1 unspecified atom stereocenters. The Balaban J connectivity index is 2.16. The van der Waals surface area contributed by atoms with Crippen molar-refractivity contribution >= 4 is 11.6 Å². The van der Waals surface area contributed by atoms with Gasteiger partial charge in [-0.2, -0.15) is 0 Å². The van der Waals surface area contributed by atoms with Gasteiger partial charge in [-0.25, -0.2) is 0 Å². The van der Waals surface area contributed by atoms with Crippen LogP contribution in [0.2, 0.25) is 0 Å². The molecule has 20 heavy (non-hydrogen) atoms. The number of hydrogen-bond acceptors (Lipinski definition) is 3. The van der Waals surface area contributed by atoms with Crippen LogP contribution >= 0.6 is 0 Å². The molecule has 0 fully saturated rings. The Bertz CT molecular complexity index is 596. The van der Waals surface area contributed by atoms with Crippen LogP contribution in [0.3, 0.4) is 0 Å². The molecule has 0 bridgehead atoms. The van der Waals surface area contributed by atoms with Crippen LogP contribution in [0, 0.1) is 6.92 Å². The number of anilines is 1. The summed E-state index contributed by atoms with van der Waals surface area (Å²) in [6.45, 7) is 3.92. The molecule has 2 aromatic rings. The van der Waals surface area contributed by atoms with Crippen LogP contribution in [0.15, 0.2) is 42.6 Å². The van der Waals surface area contributed by atoms with Gasteiger partial charge in [-0.3, -0.25) is 9.78 Å². The second-order valence-electron chi connectivity index (χ2n) is 4.75. The molecular formula is C16H19N3O. The van der Waals surface area contributed by atoms with Gasteiger partial charge in [-0.05, 0) is 43.7 Å². The van der Waals surface area contributed by atoms with E-state index < -0.39 is 0 Å². The maximum atomic E-state index is 12.3. The maximum absolute atomic E-state index is 12.3. The number of amides is 1. The summed E-state index contributed by atoms with van der Waals surface area (Å²) in [5.74, 6) is -0.104. The smallest absolute Gasteiger partial charge is 0.253 e. The minimum absolute atomic E-state index is 0.104. The summed E-state index contributed by atoms with van der Waals surface area (Å²) in [5, 5.41) is 6.02. The van der Waals surface area contributed by atoms with E-state index in [4.69, 9.17) is 0 Å². The molecule has 2 rings (SSSR count). The van der Waals surface area contributed by atoms with Gasteiger partial charge in [0, 0.05) is 18.9 Å². The number of aromatic nitrogens is 1.